The van der Waals surface area contributed by atoms with Gasteiger partial charge in [0.05, 0.1) is 0 Å². The minimum absolute atomic E-state index is 0.0148. The van der Waals surface area contributed by atoms with Gasteiger partial charge in [0.1, 0.15) is 36.3 Å². The number of para-hydroxylation sites is 2. The van der Waals surface area contributed by atoms with Crippen molar-refractivity contribution in [1.29, 1.82) is 0 Å². The summed E-state index contributed by atoms with van der Waals surface area (Å²) in [6, 6.07) is 7.97. The van der Waals surface area contributed by atoms with Crippen LogP contribution in [-0.4, -0.2) is 107 Å². The summed E-state index contributed by atoms with van der Waals surface area (Å²) in [7, 11) is 0. The fraction of sp³-hybridized carbons (Fsp3) is 0.500. The summed E-state index contributed by atoms with van der Waals surface area (Å²) in [4.78, 5) is 97.3. The van der Waals surface area contributed by atoms with Crippen LogP contribution in [0.25, 0.3) is 21.8 Å². The van der Waals surface area contributed by atoms with Crippen LogP contribution in [0.4, 0.5) is 0 Å². The average Bonchev–Trinajstić information content (AvgIpc) is 3.90. The second-order valence-corrected chi connectivity index (χ2v) is 16.8. The number of nitrogens with two attached hydrogens (primary N) is 4. The Balaban J connectivity index is 1.58. The summed E-state index contributed by atoms with van der Waals surface area (Å²) < 4.78 is 0. The molecule has 1 saturated heterocycles. The zero-order chi connectivity index (χ0) is 46.9. The summed E-state index contributed by atoms with van der Waals surface area (Å²) in [6.07, 6.45) is 6.74. The molecule has 1 aliphatic rings. The van der Waals surface area contributed by atoms with Crippen molar-refractivity contribution in [3.8, 4) is 0 Å². The Morgan fingerprint density at radius 3 is 1.40 bits per heavy atom. The van der Waals surface area contributed by atoms with Gasteiger partial charge in [0.2, 0.25) is 35.4 Å². The summed E-state index contributed by atoms with van der Waals surface area (Å²) in [6.45, 7) is 4.52. The number of nitrogens with one attached hydrogen (secondary N) is 8. The van der Waals surface area contributed by atoms with Gasteiger partial charge in [-0.3, -0.25) is 33.8 Å². The number of aliphatic imine (C=N–C) groups is 1. The van der Waals surface area contributed by atoms with Gasteiger partial charge in [-0.2, -0.15) is 0 Å². The summed E-state index contributed by atoms with van der Waals surface area (Å²) in [5, 5.41) is 18.9. The minimum Gasteiger partial charge on any atom is -0.370 e. The van der Waals surface area contributed by atoms with Crippen LogP contribution in [0.2, 0.25) is 0 Å². The Morgan fingerprint density at radius 1 is 0.554 bits per heavy atom. The van der Waals surface area contributed by atoms with Crippen LogP contribution in [0.1, 0.15) is 82.8 Å². The van der Waals surface area contributed by atoms with E-state index in [1.54, 1.807) is 12.4 Å². The smallest absolute Gasteiger partial charge is 0.243 e. The molecule has 7 atom stereocenters. The van der Waals surface area contributed by atoms with Crippen molar-refractivity contribution >= 4 is 63.2 Å². The number of aromatic nitrogens is 2. The number of nitrogens with zero attached hydrogens (tertiary/aromatic N) is 1. The average molecular weight is 898 g/mol. The van der Waals surface area contributed by atoms with E-state index in [-0.39, 0.29) is 51.0 Å². The number of carbonyl (C=O) groups is 6. The Morgan fingerprint density at radius 2 is 0.954 bits per heavy atom. The quantitative estimate of drug-likeness (QED) is 0.0377. The first-order valence-corrected chi connectivity index (χ1v) is 22.7. The highest BCUT2D eigenvalue weighted by Crippen LogP contribution is 2.22. The summed E-state index contributed by atoms with van der Waals surface area (Å²) in [5.74, 6) is -4.41. The first kappa shape index (κ1) is 49.5. The molecule has 65 heavy (non-hydrogen) atoms. The second-order valence-electron chi connectivity index (χ2n) is 16.8. The zero-order valence-corrected chi connectivity index (χ0v) is 37.4. The van der Waals surface area contributed by atoms with Crippen LogP contribution in [0.5, 0.6) is 0 Å². The lowest BCUT2D eigenvalue weighted by Crippen LogP contribution is -2.62. The zero-order valence-electron chi connectivity index (χ0n) is 37.4. The molecule has 0 unspecified atom stereocenters. The standard InChI is InChI=1S/C46H67N13O6/c1-3-27(2)39-45(65)56-35(18-9-11-21-48)42(62)57-37(23-28-25-52-32-15-6-4-13-30(28)32)43(63)55-36(19-12-22-51-46(49)50)40(60)54-34(17-8-10-20-47)41(61)58-38(44(64)59-39)24-29-26-53-33-16-7-5-14-31(29)33/h4-7,13-16,25-27,34-39,52-53H,3,8-12,17-24,47-48H2,1-2H3,(H,54,60)(H,55,63)(H,56,65)(H,57,62)(H,58,61)(H,59,64)(H4,49,50,51)/t27-,34-,35-,36-,37-,38-,39-/m0/s1. The second kappa shape index (κ2) is 24.6. The van der Waals surface area contributed by atoms with Gasteiger partial charge in [-0.25, -0.2) is 0 Å². The Bertz CT molecular complexity index is 2270. The normalized spacial score (nSPS) is 22.2. The van der Waals surface area contributed by atoms with Gasteiger partial charge in [-0.05, 0) is 93.6 Å². The van der Waals surface area contributed by atoms with E-state index in [1.807, 2.05) is 62.4 Å². The van der Waals surface area contributed by atoms with Gasteiger partial charge in [-0.1, -0.05) is 56.7 Å². The van der Waals surface area contributed by atoms with Gasteiger partial charge in [0.25, 0.3) is 0 Å². The highest BCUT2D eigenvalue weighted by Gasteiger charge is 2.36. The number of hydrogen-bond donors (Lipinski definition) is 12. The summed E-state index contributed by atoms with van der Waals surface area (Å²) in [5.41, 5.74) is 25.9. The van der Waals surface area contributed by atoms with Gasteiger partial charge in [0.15, 0.2) is 5.96 Å². The van der Waals surface area contributed by atoms with Gasteiger partial charge in [-0.15, -0.1) is 0 Å². The van der Waals surface area contributed by atoms with E-state index in [0.717, 1.165) is 32.9 Å². The lowest BCUT2D eigenvalue weighted by atomic mass is 9.96. The van der Waals surface area contributed by atoms with E-state index in [0.29, 0.717) is 45.2 Å². The van der Waals surface area contributed by atoms with Gasteiger partial charge < -0.3 is 64.8 Å². The van der Waals surface area contributed by atoms with Crippen molar-refractivity contribution in [2.24, 2.45) is 33.8 Å². The predicted octanol–water partition coefficient (Wildman–Crippen LogP) is 0.715. The molecule has 19 heteroatoms. The molecule has 352 valence electrons. The molecule has 1 fully saturated rings. The lowest BCUT2D eigenvalue weighted by molar-refractivity contribution is -0.137. The predicted molar refractivity (Wildman–Crippen MR) is 251 cm³/mol. The molecule has 2 aromatic carbocycles. The van der Waals surface area contributed by atoms with E-state index in [1.165, 1.54) is 0 Å². The van der Waals surface area contributed by atoms with Crippen LogP contribution < -0.4 is 54.8 Å². The van der Waals surface area contributed by atoms with Crippen molar-refractivity contribution in [3.05, 3.63) is 72.1 Å². The number of amides is 6. The Kier molecular flexibility index (Phi) is 18.7. The van der Waals surface area contributed by atoms with E-state index in [2.05, 4.69) is 46.9 Å². The van der Waals surface area contributed by atoms with Crippen LogP contribution in [0.15, 0.2) is 65.9 Å². The fourth-order valence-electron chi connectivity index (χ4n) is 8.06. The fourth-order valence-corrected chi connectivity index (χ4v) is 8.06. The molecule has 1 aliphatic heterocycles. The number of rotatable bonds is 18. The molecule has 0 aliphatic carbocycles. The van der Waals surface area contributed by atoms with Gasteiger partial charge in [0, 0.05) is 53.6 Å². The SMILES string of the molecule is CC[C@H](C)[C@@H]1NC(=O)[C@H](Cc2c[nH]c3ccccc23)NC(=O)[C@H](CCCCN)NC(=O)[C@H](CCCN=C(N)N)NC(=O)[C@H](Cc2c[nH]c3ccccc23)NC(=O)[C@H](CCCCN)NC1=O. The molecule has 0 bridgehead atoms. The number of H-pyrrole nitrogens is 2. The lowest BCUT2D eigenvalue weighted by Gasteiger charge is -2.30. The maximum Gasteiger partial charge on any atom is 0.243 e. The number of aromatic amines is 2. The molecule has 5 rings (SSSR count). The van der Waals surface area contributed by atoms with Crippen LogP contribution in [0, 0.1) is 5.92 Å². The van der Waals surface area contributed by atoms with Crippen LogP contribution in [-0.2, 0) is 41.6 Å². The van der Waals surface area contributed by atoms with E-state index in [9.17, 15) is 28.8 Å². The third-order valence-electron chi connectivity index (χ3n) is 12.0. The molecule has 0 radical (unpaired) electrons. The number of guanidine groups is 1. The maximum atomic E-state index is 14.6. The minimum atomic E-state index is -1.23. The molecule has 0 spiro atoms. The molecular formula is C46H67N13O6. The van der Waals surface area contributed by atoms with Crippen molar-refractivity contribution in [1.82, 2.24) is 41.9 Å². The van der Waals surface area contributed by atoms with Crippen molar-refractivity contribution in [2.45, 2.75) is 121 Å². The number of benzene rings is 2. The third-order valence-corrected chi connectivity index (χ3v) is 12.0. The first-order valence-electron chi connectivity index (χ1n) is 22.7. The van der Waals surface area contributed by atoms with E-state index in [4.69, 9.17) is 22.9 Å². The van der Waals surface area contributed by atoms with Crippen LogP contribution >= 0.6 is 0 Å². The number of unbranched alkanes of at least 4 members (excludes halogenated alkanes) is 2. The molecule has 3 heterocycles. The molecular weight excluding hydrogens is 831 g/mol. The van der Waals surface area contributed by atoms with E-state index >= 15 is 0 Å². The van der Waals surface area contributed by atoms with Crippen LogP contribution in [0.3, 0.4) is 0 Å². The molecule has 16 N–H and O–H groups in total. The molecule has 2 aromatic heterocycles. The summed E-state index contributed by atoms with van der Waals surface area (Å²) >= 11 is 0. The maximum absolute atomic E-state index is 14.6. The van der Waals surface area contributed by atoms with E-state index < -0.39 is 77.6 Å². The highest BCUT2D eigenvalue weighted by molar-refractivity contribution is 5.99. The number of hydrogen-bond acceptors (Lipinski definition) is 9. The molecule has 4 aromatic rings. The van der Waals surface area contributed by atoms with Gasteiger partial charge >= 0.3 is 0 Å². The molecule has 0 saturated carbocycles. The number of fused-ring (bicyclic) bond motifs is 2. The highest BCUT2D eigenvalue weighted by atomic mass is 16.2. The van der Waals surface area contributed by atoms with Crippen molar-refractivity contribution < 1.29 is 28.8 Å². The van der Waals surface area contributed by atoms with Crippen molar-refractivity contribution in [3.63, 3.8) is 0 Å². The first-order chi connectivity index (χ1) is 31.3. The molecule has 6 amide bonds. The van der Waals surface area contributed by atoms with Crippen molar-refractivity contribution in [2.75, 3.05) is 19.6 Å². The topological polar surface area (TPSA) is 323 Å². The number of carbonyl (C=O) groups excluding carboxylic acids is 6. The monoisotopic (exact) mass is 898 g/mol. The third kappa shape index (κ3) is 14.0. The Hall–Kier alpha value is -6.47. The Labute approximate surface area is 379 Å². The largest absolute Gasteiger partial charge is 0.370 e. The molecule has 19 nitrogen and oxygen atoms in total.